The molecule has 6 heteroatoms. The van der Waals surface area contributed by atoms with Crippen molar-refractivity contribution < 1.29 is 0 Å². The first-order valence-corrected chi connectivity index (χ1v) is 5.68. The fraction of sp³-hybridized carbons (Fsp3) is 0.300. The Hall–Kier alpha value is -1.56. The normalized spacial score (nSPS) is 10.7. The molecule has 0 aliphatic heterocycles. The van der Waals surface area contributed by atoms with Gasteiger partial charge in [-0.25, -0.2) is 15.0 Å². The SMILES string of the molecule is Cc1cc(C)nc(Sc2nc(C)[nH]c2N)n1. The van der Waals surface area contributed by atoms with Crippen LogP contribution in [-0.4, -0.2) is 19.9 Å². The van der Waals surface area contributed by atoms with Crippen molar-refractivity contribution >= 4 is 17.6 Å². The summed E-state index contributed by atoms with van der Waals surface area (Å²) in [6, 6.07) is 1.93. The summed E-state index contributed by atoms with van der Waals surface area (Å²) >= 11 is 1.37. The number of nitrogens with zero attached hydrogens (tertiary/aromatic N) is 3. The monoisotopic (exact) mass is 235 g/mol. The van der Waals surface area contributed by atoms with E-state index >= 15 is 0 Å². The van der Waals surface area contributed by atoms with Crippen LogP contribution in [0.4, 0.5) is 5.82 Å². The third-order valence-corrected chi connectivity index (χ3v) is 2.83. The first-order valence-electron chi connectivity index (χ1n) is 4.87. The molecule has 0 atom stereocenters. The first-order chi connectivity index (χ1) is 7.54. The lowest BCUT2D eigenvalue weighted by Crippen LogP contribution is -1.93. The summed E-state index contributed by atoms with van der Waals surface area (Å²) < 4.78 is 0. The molecule has 0 radical (unpaired) electrons. The van der Waals surface area contributed by atoms with Crippen LogP contribution in [0.2, 0.25) is 0 Å². The molecule has 16 heavy (non-hydrogen) atoms. The lowest BCUT2D eigenvalue weighted by molar-refractivity contribution is 0.899. The number of imidazole rings is 1. The number of aromatic nitrogens is 4. The fourth-order valence-corrected chi connectivity index (χ4v) is 2.29. The van der Waals surface area contributed by atoms with Crippen LogP contribution in [0, 0.1) is 20.8 Å². The Morgan fingerprint density at radius 2 is 1.75 bits per heavy atom. The molecule has 0 unspecified atom stereocenters. The van der Waals surface area contributed by atoms with Gasteiger partial charge in [0.05, 0.1) is 0 Å². The van der Waals surface area contributed by atoms with Crippen LogP contribution < -0.4 is 5.73 Å². The van der Waals surface area contributed by atoms with Gasteiger partial charge in [0.25, 0.3) is 0 Å². The molecule has 5 nitrogen and oxygen atoms in total. The van der Waals surface area contributed by atoms with Crippen LogP contribution in [0.5, 0.6) is 0 Å². The van der Waals surface area contributed by atoms with E-state index in [9.17, 15) is 0 Å². The van der Waals surface area contributed by atoms with E-state index in [1.807, 2.05) is 26.8 Å². The third kappa shape index (κ3) is 2.33. The molecule has 2 aromatic rings. The lowest BCUT2D eigenvalue weighted by Gasteiger charge is -2.00. The van der Waals surface area contributed by atoms with Gasteiger partial charge in [0.15, 0.2) is 5.16 Å². The van der Waals surface area contributed by atoms with Gasteiger partial charge >= 0.3 is 0 Å². The van der Waals surface area contributed by atoms with Crippen LogP contribution in [0.1, 0.15) is 17.2 Å². The average molecular weight is 235 g/mol. The largest absolute Gasteiger partial charge is 0.383 e. The minimum Gasteiger partial charge on any atom is -0.383 e. The number of rotatable bonds is 2. The number of nitrogen functional groups attached to an aromatic ring is 1. The van der Waals surface area contributed by atoms with Crippen LogP contribution in [0.3, 0.4) is 0 Å². The van der Waals surface area contributed by atoms with Crippen molar-refractivity contribution in [2.45, 2.75) is 31.0 Å². The number of anilines is 1. The van der Waals surface area contributed by atoms with E-state index in [1.165, 1.54) is 11.8 Å². The predicted molar refractivity (Wildman–Crippen MR) is 63.4 cm³/mol. The molecule has 0 spiro atoms. The maximum absolute atomic E-state index is 5.77. The smallest absolute Gasteiger partial charge is 0.194 e. The van der Waals surface area contributed by atoms with Crippen LogP contribution in [-0.2, 0) is 0 Å². The topological polar surface area (TPSA) is 80.5 Å². The van der Waals surface area contributed by atoms with Gasteiger partial charge in [-0.2, -0.15) is 0 Å². The molecule has 2 aromatic heterocycles. The molecule has 0 aromatic carbocycles. The van der Waals surface area contributed by atoms with Gasteiger partial charge in [0.1, 0.15) is 16.7 Å². The molecule has 3 N–H and O–H groups in total. The van der Waals surface area contributed by atoms with E-state index < -0.39 is 0 Å². The third-order valence-electron chi connectivity index (χ3n) is 1.96. The number of nitrogens with two attached hydrogens (primary N) is 1. The van der Waals surface area contributed by atoms with E-state index in [0.717, 1.165) is 22.2 Å². The molecule has 84 valence electrons. The van der Waals surface area contributed by atoms with Gasteiger partial charge in [0.2, 0.25) is 0 Å². The van der Waals surface area contributed by atoms with Crippen molar-refractivity contribution in [3.8, 4) is 0 Å². The summed E-state index contributed by atoms with van der Waals surface area (Å²) in [6.07, 6.45) is 0. The Morgan fingerprint density at radius 1 is 1.12 bits per heavy atom. The number of aryl methyl sites for hydroxylation is 3. The number of hydrogen-bond acceptors (Lipinski definition) is 5. The Labute approximate surface area is 97.9 Å². The summed E-state index contributed by atoms with van der Waals surface area (Å²) in [5.74, 6) is 1.36. The zero-order chi connectivity index (χ0) is 11.7. The van der Waals surface area contributed by atoms with Crippen LogP contribution in [0.15, 0.2) is 16.2 Å². The van der Waals surface area contributed by atoms with Gasteiger partial charge in [-0.3, -0.25) is 0 Å². The zero-order valence-corrected chi connectivity index (χ0v) is 10.2. The summed E-state index contributed by atoms with van der Waals surface area (Å²) in [5.41, 5.74) is 7.66. The maximum Gasteiger partial charge on any atom is 0.194 e. The van der Waals surface area contributed by atoms with Crippen molar-refractivity contribution in [2.75, 3.05) is 5.73 Å². The second kappa shape index (κ2) is 4.13. The summed E-state index contributed by atoms with van der Waals surface area (Å²) in [4.78, 5) is 15.9. The quantitative estimate of drug-likeness (QED) is 0.776. The minimum atomic E-state index is 0.560. The van der Waals surface area contributed by atoms with E-state index in [2.05, 4.69) is 19.9 Å². The van der Waals surface area contributed by atoms with Gasteiger partial charge in [-0.15, -0.1) is 0 Å². The molecule has 0 saturated carbocycles. The van der Waals surface area contributed by atoms with Gasteiger partial charge < -0.3 is 10.7 Å². The number of nitrogens with one attached hydrogen (secondary N) is 1. The Kier molecular flexibility index (Phi) is 2.82. The summed E-state index contributed by atoms with van der Waals surface area (Å²) in [6.45, 7) is 5.75. The first kappa shape index (κ1) is 10.9. The lowest BCUT2D eigenvalue weighted by atomic mass is 10.4. The Balaban J connectivity index is 2.30. The highest BCUT2D eigenvalue weighted by Crippen LogP contribution is 2.27. The molecule has 0 aliphatic rings. The van der Waals surface area contributed by atoms with Crippen molar-refractivity contribution in [3.05, 3.63) is 23.3 Å². The van der Waals surface area contributed by atoms with E-state index in [0.29, 0.717) is 11.0 Å². The van der Waals surface area contributed by atoms with Crippen molar-refractivity contribution in [2.24, 2.45) is 0 Å². The Bertz CT molecular complexity index is 500. The highest BCUT2D eigenvalue weighted by Gasteiger charge is 2.09. The van der Waals surface area contributed by atoms with Gasteiger partial charge in [-0.1, -0.05) is 0 Å². The number of hydrogen-bond donors (Lipinski definition) is 2. The highest BCUT2D eigenvalue weighted by atomic mass is 32.2. The zero-order valence-electron chi connectivity index (χ0n) is 9.40. The number of H-pyrrole nitrogens is 1. The van der Waals surface area contributed by atoms with E-state index in [1.54, 1.807) is 0 Å². The molecule has 0 aliphatic carbocycles. The minimum absolute atomic E-state index is 0.560. The highest BCUT2D eigenvalue weighted by molar-refractivity contribution is 7.99. The molecule has 0 bridgehead atoms. The van der Waals surface area contributed by atoms with Gasteiger partial charge in [0, 0.05) is 11.4 Å². The molecule has 0 saturated heterocycles. The molecule has 2 rings (SSSR count). The van der Waals surface area contributed by atoms with E-state index in [4.69, 9.17) is 5.73 Å². The second-order valence-corrected chi connectivity index (χ2v) is 4.53. The summed E-state index contributed by atoms with van der Waals surface area (Å²) in [5, 5.41) is 1.40. The molecular formula is C10H13N5S. The van der Waals surface area contributed by atoms with E-state index in [-0.39, 0.29) is 0 Å². The summed E-state index contributed by atoms with van der Waals surface area (Å²) in [7, 11) is 0. The number of aromatic amines is 1. The molecule has 0 amide bonds. The van der Waals surface area contributed by atoms with Crippen molar-refractivity contribution in [1.29, 1.82) is 0 Å². The fourth-order valence-electron chi connectivity index (χ4n) is 1.39. The molecule has 0 fully saturated rings. The maximum atomic E-state index is 5.77. The van der Waals surface area contributed by atoms with Crippen LogP contribution in [0.25, 0.3) is 0 Å². The second-order valence-electron chi connectivity index (χ2n) is 3.58. The Morgan fingerprint density at radius 3 is 2.25 bits per heavy atom. The average Bonchev–Trinajstić information content (AvgIpc) is 2.43. The van der Waals surface area contributed by atoms with Gasteiger partial charge in [-0.05, 0) is 38.6 Å². The molecule has 2 heterocycles. The standard InChI is InChI=1S/C10H13N5S/c1-5-4-6(2)13-10(12-5)16-9-8(11)14-7(3)15-9/h4H,11H2,1-3H3,(H,14,15). The molecular weight excluding hydrogens is 222 g/mol. The predicted octanol–water partition coefficient (Wildman–Crippen LogP) is 1.86. The van der Waals surface area contributed by atoms with Crippen LogP contribution >= 0.6 is 11.8 Å². The van der Waals surface area contributed by atoms with Crippen molar-refractivity contribution in [1.82, 2.24) is 19.9 Å². The van der Waals surface area contributed by atoms with Crippen molar-refractivity contribution in [3.63, 3.8) is 0 Å².